The van der Waals surface area contributed by atoms with E-state index >= 15 is 0 Å². The van der Waals surface area contributed by atoms with Crippen LogP contribution in [0.5, 0.6) is 0 Å². The average molecular weight is 422 g/mol. The first kappa shape index (κ1) is 19.5. The zero-order valence-corrected chi connectivity index (χ0v) is 17.0. The standard InChI is InChI=1S/C18H16ClN3O3S2/c1-3-12-15(27-22-21-12)17(23)20-13-9-14(10-5-7-11(19)8-6-10)26-16(13)18(24)25-4-2/h5-9H,3-4H2,1-2H3,(H,20,23). The van der Waals surface area contributed by atoms with E-state index in [2.05, 4.69) is 14.9 Å². The summed E-state index contributed by atoms with van der Waals surface area (Å²) < 4.78 is 8.96. The van der Waals surface area contributed by atoms with Crippen molar-refractivity contribution in [1.82, 2.24) is 9.59 Å². The molecule has 0 saturated heterocycles. The second kappa shape index (κ2) is 8.60. The van der Waals surface area contributed by atoms with Gasteiger partial charge in [0, 0.05) is 9.90 Å². The van der Waals surface area contributed by atoms with Gasteiger partial charge in [-0.25, -0.2) is 4.79 Å². The van der Waals surface area contributed by atoms with Gasteiger partial charge in [-0.2, -0.15) is 0 Å². The van der Waals surface area contributed by atoms with E-state index in [1.165, 1.54) is 11.3 Å². The molecule has 1 aromatic carbocycles. The minimum Gasteiger partial charge on any atom is -0.462 e. The van der Waals surface area contributed by atoms with Gasteiger partial charge in [-0.1, -0.05) is 35.1 Å². The van der Waals surface area contributed by atoms with Crippen LogP contribution in [0.15, 0.2) is 30.3 Å². The molecular formula is C18H16ClN3O3S2. The Morgan fingerprint density at radius 3 is 2.59 bits per heavy atom. The van der Waals surface area contributed by atoms with Crippen LogP contribution in [0.4, 0.5) is 5.69 Å². The SMILES string of the molecule is CCOC(=O)c1sc(-c2ccc(Cl)cc2)cc1NC(=O)c1snnc1CC. The molecule has 0 fully saturated rings. The maximum absolute atomic E-state index is 12.6. The fraction of sp³-hybridized carbons (Fsp3) is 0.222. The maximum atomic E-state index is 12.6. The number of benzene rings is 1. The summed E-state index contributed by atoms with van der Waals surface area (Å²) in [5.74, 6) is -0.816. The fourth-order valence-corrected chi connectivity index (χ4v) is 4.16. The molecule has 6 nitrogen and oxygen atoms in total. The van der Waals surface area contributed by atoms with Crippen molar-refractivity contribution in [2.45, 2.75) is 20.3 Å². The number of hydrogen-bond donors (Lipinski definition) is 1. The number of amides is 1. The molecule has 0 atom stereocenters. The molecule has 2 heterocycles. The summed E-state index contributed by atoms with van der Waals surface area (Å²) in [7, 11) is 0. The Balaban J connectivity index is 1.95. The van der Waals surface area contributed by atoms with Crippen LogP contribution in [0, 0.1) is 0 Å². The minimum absolute atomic E-state index is 0.249. The number of rotatable bonds is 6. The zero-order valence-electron chi connectivity index (χ0n) is 14.6. The lowest BCUT2D eigenvalue weighted by molar-refractivity contribution is 0.0533. The molecule has 3 aromatic rings. The van der Waals surface area contributed by atoms with Crippen LogP contribution in [0.3, 0.4) is 0 Å². The number of anilines is 1. The second-order valence-corrected chi connectivity index (χ2v) is 7.68. The monoisotopic (exact) mass is 421 g/mol. The Morgan fingerprint density at radius 1 is 1.19 bits per heavy atom. The van der Waals surface area contributed by atoms with Crippen molar-refractivity contribution in [2.24, 2.45) is 0 Å². The largest absolute Gasteiger partial charge is 0.462 e. The molecule has 2 aromatic heterocycles. The molecule has 140 valence electrons. The molecule has 0 radical (unpaired) electrons. The second-order valence-electron chi connectivity index (χ2n) is 5.44. The number of esters is 1. The Labute approximate surface area is 169 Å². The van der Waals surface area contributed by atoms with Gasteiger partial charge < -0.3 is 10.1 Å². The van der Waals surface area contributed by atoms with Crippen molar-refractivity contribution in [1.29, 1.82) is 0 Å². The van der Waals surface area contributed by atoms with E-state index in [0.717, 1.165) is 22.0 Å². The Hall–Kier alpha value is -2.29. The third-order valence-corrected chi connectivity index (χ3v) is 5.85. The van der Waals surface area contributed by atoms with E-state index in [9.17, 15) is 9.59 Å². The number of hydrogen-bond acceptors (Lipinski definition) is 7. The summed E-state index contributed by atoms with van der Waals surface area (Å²) in [5, 5.41) is 7.38. The van der Waals surface area contributed by atoms with Crippen molar-refractivity contribution in [3.63, 3.8) is 0 Å². The first-order valence-electron chi connectivity index (χ1n) is 8.23. The molecule has 27 heavy (non-hydrogen) atoms. The van der Waals surface area contributed by atoms with Gasteiger partial charge in [0.2, 0.25) is 0 Å². The Bertz CT molecular complexity index is 967. The highest BCUT2D eigenvalue weighted by Crippen LogP contribution is 2.36. The Morgan fingerprint density at radius 2 is 1.93 bits per heavy atom. The summed E-state index contributed by atoms with van der Waals surface area (Å²) in [6.07, 6.45) is 0.601. The first-order chi connectivity index (χ1) is 13.0. The van der Waals surface area contributed by atoms with Crippen LogP contribution in [0.25, 0.3) is 10.4 Å². The van der Waals surface area contributed by atoms with Crippen molar-refractivity contribution in [3.05, 3.63) is 50.8 Å². The number of nitrogens with zero attached hydrogens (tertiary/aromatic N) is 2. The van der Waals surface area contributed by atoms with Gasteiger partial charge >= 0.3 is 5.97 Å². The topological polar surface area (TPSA) is 81.2 Å². The van der Waals surface area contributed by atoms with Crippen molar-refractivity contribution in [2.75, 3.05) is 11.9 Å². The highest BCUT2D eigenvalue weighted by atomic mass is 35.5. The minimum atomic E-state index is -0.476. The number of carbonyl (C=O) groups is 2. The normalized spacial score (nSPS) is 10.6. The number of halogens is 1. The summed E-state index contributed by atoms with van der Waals surface area (Å²) in [5.41, 5.74) is 1.93. The van der Waals surface area contributed by atoms with Crippen molar-refractivity contribution in [3.8, 4) is 10.4 Å². The molecule has 0 aliphatic rings. The van der Waals surface area contributed by atoms with E-state index in [1.54, 1.807) is 25.1 Å². The fourth-order valence-electron chi connectivity index (χ4n) is 2.38. The summed E-state index contributed by atoms with van der Waals surface area (Å²) in [4.78, 5) is 26.6. The highest BCUT2D eigenvalue weighted by molar-refractivity contribution is 7.18. The van der Waals surface area contributed by atoms with Gasteiger partial charge in [0.15, 0.2) is 0 Å². The number of aryl methyl sites for hydroxylation is 1. The molecule has 0 spiro atoms. The van der Waals surface area contributed by atoms with E-state index in [1.807, 2.05) is 19.1 Å². The zero-order chi connectivity index (χ0) is 19.4. The van der Waals surface area contributed by atoms with E-state index in [-0.39, 0.29) is 12.5 Å². The molecule has 0 aliphatic carbocycles. The lowest BCUT2D eigenvalue weighted by atomic mass is 10.2. The van der Waals surface area contributed by atoms with Gasteiger partial charge in [0.1, 0.15) is 9.75 Å². The van der Waals surface area contributed by atoms with E-state index in [0.29, 0.717) is 32.6 Å². The average Bonchev–Trinajstić information content (AvgIpc) is 3.29. The molecule has 1 amide bonds. The predicted molar refractivity (Wildman–Crippen MR) is 108 cm³/mol. The van der Waals surface area contributed by atoms with Crippen LogP contribution in [-0.4, -0.2) is 28.1 Å². The van der Waals surface area contributed by atoms with Crippen LogP contribution >= 0.6 is 34.5 Å². The lowest BCUT2D eigenvalue weighted by Crippen LogP contribution is -2.14. The Kier molecular flexibility index (Phi) is 6.20. The van der Waals surface area contributed by atoms with Crippen LogP contribution in [-0.2, 0) is 11.2 Å². The van der Waals surface area contributed by atoms with Crippen LogP contribution < -0.4 is 5.32 Å². The summed E-state index contributed by atoms with van der Waals surface area (Å²) >= 11 is 8.23. The van der Waals surface area contributed by atoms with Gasteiger partial charge in [-0.15, -0.1) is 16.4 Å². The molecule has 3 rings (SSSR count). The molecule has 9 heteroatoms. The third-order valence-electron chi connectivity index (χ3n) is 3.67. The molecule has 0 unspecified atom stereocenters. The van der Waals surface area contributed by atoms with Crippen LogP contribution in [0.1, 0.15) is 38.9 Å². The maximum Gasteiger partial charge on any atom is 0.350 e. The molecule has 0 bridgehead atoms. The quantitative estimate of drug-likeness (QED) is 0.572. The summed E-state index contributed by atoms with van der Waals surface area (Å²) in [6, 6.07) is 9.02. The molecule has 1 N–H and O–H groups in total. The van der Waals surface area contributed by atoms with Crippen LogP contribution in [0.2, 0.25) is 5.02 Å². The van der Waals surface area contributed by atoms with Crippen molar-refractivity contribution >= 4 is 52.0 Å². The molecule has 0 saturated carbocycles. The van der Waals surface area contributed by atoms with Gasteiger partial charge in [-0.05, 0) is 48.6 Å². The molecular weight excluding hydrogens is 406 g/mol. The van der Waals surface area contributed by atoms with E-state index < -0.39 is 5.97 Å². The van der Waals surface area contributed by atoms with Gasteiger partial charge in [0.25, 0.3) is 5.91 Å². The van der Waals surface area contributed by atoms with Gasteiger partial charge in [0.05, 0.1) is 18.0 Å². The number of ether oxygens (including phenoxy) is 1. The molecule has 0 aliphatic heterocycles. The lowest BCUT2D eigenvalue weighted by Gasteiger charge is -2.05. The van der Waals surface area contributed by atoms with Crippen molar-refractivity contribution < 1.29 is 14.3 Å². The van der Waals surface area contributed by atoms with Gasteiger partial charge in [-0.3, -0.25) is 4.79 Å². The first-order valence-corrected chi connectivity index (χ1v) is 10.2. The number of aromatic nitrogens is 2. The third kappa shape index (κ3) is 4.35. The number of thiophene rings is 1. The number of nitrogens with one attached hydrogen (secondary N) is 1. The van der Waals surface area contributed by atoms with E-state index in [4.69, 9.17) is 16.3 Å². The predicted octanol–water partition coefficient (Wildman–Crippen LogP) is 4.91. The summed E-state index contributed by atoms with van der Waals surface area (Å²) in [6.45, 7) is 3.89. The highest BCUT2D eigenvalue weighted by Gasteiger charge is 2.22. The number of carbonyl (C=O) groups excluding carboxylic acids is 2. The smallest absolute Gasteiger partial charge is 0.350 e.